The van der Waals surface area contributed by atoms with Crippen molar-refractivity contribution in [1.82, 2.24) is 9.97 Å². The number of nitrogens with zero attached hydrogens (tertiary/aromatic N) is 2. The normalized spacial score (nSPS) is 21.1. The Balaban J connectivity index is 2.28. The molecule has 2 heterocycles. The number of rotatable bonds is 2. The van der Waals surface area contributed by atoms with Gasteiger partial charge in [-0.3, -0.25) is 0 Å². The van der Waals surface area contributed by atoms with Gasteiger partial charge in [0, 0.05) is 11.3 Å². The highest BCUT2D eigenvalue weighted by atomic mass is 35.5. The minimum atomic E-state index is -0.184. The van der Waals surface area contributed by atoms with Crippen LogP contribution in [0.15, 0.2) is 0 Å². The molecule has 1 aromatic rings. The van der Waals surface area contributed by atoms with E-state index in [9.17, 15) is 0 Å². The van der Waals surface area contributed by atoms with E-state index in [0.29, 0.717) is 30.8 Å². The number of halogens is 1. The van der Waals surface area contributed by atoms with Gasteiger partial charge in [-0.05, 0) is 13.3 Å². The lowest BCUT2D eigenvalue weighted by Gasteiger charge is -2.22. The van der Waals surface area contributed by atoms with Crippen molar-refractivity contribution in [3.8, 4) is 0 Å². The Morgan fingerprint density at radius 1 is 1.38 bits per heavy atom. The van der Waals surface area contributed by atoms with E-state index in [1.165, 1.54) is 0 Å². The molecule has 1 fully saturated rings. The second kappa shape index (κ2) is 5.08. The lowest BCUT2D eigenvalue weighted by atomic mass is 10.2. The van der Waals surface area contributed by atoms with E-state index in [1.807, 2.05) is 13.8 Å². The van der Waals surface area contributed by atoms with E-state index in [4.69, 9.17) is 21.1 Å². The van der Waals surface area contributed by atoms with Crippen LogP contribution in [0.2, 0.25) is 5.15 Å². The summed E-state index contributed by atoms with van der Waals surface area (Å²) in [4.78, 5) is 8.71. The van der Waals surface area contributed by atoms with Crippen molar-refractivity contribution in [1.29, 1.82) is 0 Å². The number of aromatic nitrogens is 2. The molecule has 88 valence electrons. The second-order valence-corrected chi connectivity index (χ2v) is 4.08. The fourth-order valence-electron chi connectivity index (χ4n) is 1.76. The molecule has 1 atom stereocenters. The lowest BCUT2D eigenvalue weighted by molar-refractivity contribution is -0.0935. The third kappa shape index (κ3) is 2.34. The van der Waals surface area contributed by atoms with Crippen molar-refractivity contribution < 1.29 is 9.47 Å². The molecule has 0 saturated carbocycles. The van der Waals surface area contributed by atoms with Gasteiger partial charge < -0.3 is 9.47 Å². The molecule has 0 bridgehead atoms. The first kappa shape index (κ1) is 11.8. The number of hydrogen-bond donors (Lipinski definition) is 0. The summed E-state index contributed by atoms with van der Waals surface area (Å²) in [5, 5.41) is 0.527. The maximum Gasteiger partial charge on any atom is 0.161 e. The van der Waals surface area contributed by atoms with Crippen LogP contribution in [0.3, 0.4) is 0 Å². The largest absolute Gasteiger partial charge is 0.376 e. The molecule has 0 aromatic carbocycles. The van der Waals surface area contributed by atoms with Crippen molar-refractivity contribution >= 4 is 11.6 Å². The maximum atomic E-state index is 6.11. The van der Waals surface area contributed by atoms with Crippen LogP contribution < -0.4 is 0 Å². The topological polar surface area (TPSA) is 44.2 Å². The Morgan fingerprint density at radius 2 is 2.19 bits per heavy atom. The van der Waals surface area contributed by atoms with Gasteiger partial charge in [0.25, 0.3) is 0 Å². The zero-order valence-electron chi connectivity index (χ0n) is 9.49. The molecule has 1 aliphatic rings. The smallest absolute Gasteiger partial charge is 0.161 e. The highest BCUT2D eigenvalue weighted by molar-refractivity contribution is 6.30. The first-order chi connectivity index (χ1) is 7.72. The van der Waals surface area contributed by atoms with Crippen LogP contribution in [-0.2, 0) is 15.9 Å². The third-order valence-corrected chi connectivity index (χ3v) is 2.95. The molecule has 1 saturated heterocycles. The van der Waals surface area contributed by atoms with Gasteiger partial charge in [0.2, 0.25) is 0 Å². The number of ether oxygens (including phenoxy) is 2. The average Bonchev–Trinajstić information content (AvgIpc) is 2.30. The van der Waals surface area contributed by atoms with Crippen LogP contribution in [0.25, 0.3) is 0 Å². The van der Waals surface area contributed by atoms with Crippen LogP contribution in [-0.4, -0.2) is 29.8 Å². The summed E-state index contributed by atoms with van der Waals surface area (Å²) < 4.78 is 10.9. The summed E-state index contributed by atoms with van der Waals surface area (Å²) in [5.74, 6) is 0.624. The predicted molar refractivity (Wildman–Crippen MR) is 60.7 cm³/mol. The van der Waals surface area contributed by atoms with Gasteiger partial charge >= 0.3 is 0 Å². The maximum absolute atomic E-state index is 6.11. The van der Waals surface area contributed by atoms with Crippen molar-refractivity contribution in [2.45, 2.75) is 26.4 Å². The molecule has 5 heteroatoms. The molecule has 0 aliphatic carbocycles. The monoisotopic (exact) mass is 242 g/mol. The standard InChI is InChI=1S/C11H15ClN2O2/c1-3-8-7(2)13-11(14-10(8)12)9-6-15-4-5-16-9/h9H,3-6H2,1-2H3. The minimum Gasteiger partial charge on any atom is -0.376 e. The van der Waals surface area contributed by atoms with Crippen LogP contribution in [0.5, 0.6) is 0 Å². The third-order valence-electron chi connectivity index (χ3n) is 2.64. The number of aryl methyl sites for hydroxylation is 1. The Morgan fingerprint density at radius 3 is 2.75 bits per heavy atom. The first-order valence-corrected chi connectivity index (χ1v) is 5.82. The molecule has 4 nitrogen and oxygen atoms in total. The van der Waals surface area contributed by atoms with Crippen LogP contribution in [0, 0.1) is 6.92 Å². The average molecular weight is 243 g/mol. The van der Waals surface area contributed by atoms with E-state index in [2.05, 4.69) is 9.97 Å². The fourth-order valence-corrected chi connectivity index (χ4v) is 2.12. The van der Waals surface area contributed by atoms with E-state index in [-0.39, 0.29) is 6.10 Å². The van der Waals surface area contributed by atoms with Crippen molar-refractivity contribution in [2.75, 3.05) is 19.8 Å². The van der Waals surface area contributed by atoms with Crippen LogP contribution in [0.4, 0.5) is 0 Å². The SMILES string of the molecule is CCc1c(C)nc(C2COCCO2)nc1Cl. The summed E-state index contributed by atoms with van der Waals surface area (Å²) in [6.45, 7) is 5.70. The van der Waals surface area contributed by atoms with Gasteiger partial charge in [-0.2, -0.15) is 0 Å². The van der Waals surface area contributed by atoms with Gasteiger partial charge in [-0.1, -0.05) is 18.5 Å². The van der Waals surface area contributed by atoms with Gasteiger partial charge in [0.05, 0.1) is 19.8 Å². The summed E-state index contributed by atoms with van der Waals surface area (Å²) in [5.41, 5.74) is 1.92. The minimum absolute atomic E-state index is 0.184. The molecule has 1 unspecified atom stereocenters. The Labute approximate surface area is 99.9 Å². The molecular weight excluding hydrogens is 228 g/mol. The van der Waals surface area contributed by atoms with Crippen molar-refractivity contribution in [2.24, 2.45) is 0 Å². The summed E-state index contributed by atoms with van der Waals surface area (Å²) in [6, 6.07) is 0. The lowest BCUT2D eigenvalue weighted by Crippen LogP contribution is -2.24. The van der Waals surface area contributed by atoms with E-state index >= 15 is 0 Å². The zero-order valence-corrected chi connectivity index (χ0v) is 10.3. The zero-order chi connectivity index (χ0) is 11.5. The summed E-state index contributed by atoms with van der Waals surface area (Å²) in [7, 11) is 0. The van der Waals surface area contributed by atoms with E-state index in [1.54, 1.807) is 0 Å². The van der Waals surface area contributed by atoms with E-state index < -0.39 is 0 Å². The quantitative estimate of drug-likeness (QED) is 0.745. The second-order valence-electron chi connectivity index (χ2n) is 3.72. The highest BCUT2D eigenvalue weighted by Gasteiger charge is 2.21. The molecule has 1 aromatic heterocycles. The van der Waals surface area contributed by atoms with Gasteiger partial charge in [0.1, 0.15) is 11.3 Å². The van der Waals surface area contributed by atoms with Crippen molar-refractivity contribution in [3.05, 3.63) is 22.2 Å². The predicted octanol–water partition coefficient (Wildman–Crippen LogP) is 2.09. The Hall–Kier alpha value is -0.710. The number of hydrogen-bond acceptors (Lipinski definition) is 4. The molecule has 2 rings (SSSR count). The molecule has 0 amide bonds. The molecule has 0 N–H and O–H groups in total. The summed E-state index contributed by atoms with van der Waals surface area (Å²) in [6.07, 6.45) is 0.656. The molecule has 0 radical (unpaired) electrons. The van der Waals surface area contributed by atoms with Gasteiger partial charge in [-0.25, -0.2) is 9.97 Å². The first-order valence-electron chi connectivity index (χ1n) is 5.44. The Kier molecular flexibility index (Phi) is 3.74. The Bertz CT molecular complexity index is 355. The van der Waals surface area contributed by atoms with Crippen LogP contribution in [0.1, 0.15) is 30.1 Å². The molecule has 0 spiro atoms. The van der Waals surface area contributed by atoms with E-state index in [0.717, 1.165) is 17.7 Å². The van der Waals surface area contributed by atoms with Crippen molar-refractivity contribution in [3.63, 3.8) is 0 Å². The van der Waals surface area contributed by atoms with Gasteiger partial charge in [-0.15, -0.1) is 0 Å². The molecule has 16 heavy (non-hydrogen) atoms. The molecular formula is C11H15ClN2O2. The highest BCUT2D eigenvalue weighted by Crippen LogP contribution is 2.22. The summed E-state index contributed by atoms with van der Waals surface area (Å²) >= 11 is 6.11. The van der Waals surface area contributed by atoms with Gasteiger partial charge in [0.15, 0.2) is 5.82 Å². The van der Waals surface area contributed by atoms with Crippen LogP contribution >= 0.6 is 11.6 Å². The fraction of sp³-hybridized carbons (Fsp3) is 0.636. The molecule has 1 aliphatic heterocycles.